The molecule has 0 atom stereocenters. The summed E-state index contributed by atoms with van der Waals surface area (Å²) in [4.78, 5) is 12.2. The molecule has 20 heavy (non-hydrogen) atoms. The largest absolute Gasteiger partial charge is 0.494 e. The van der Waals surface area contributed by atoms with Gasteiger partial charge in [0.1, 0.15) is 17.3 Å². The zero-order valence-electron chi connectivity index (χ0n) is 11.3. The first-order valence-electron chi connectivity index (χ1n) is 6.15. The molecule has 0 aliphatic carbocycles. The molecular formula is C14H16FN3O2. The molecule has 0 bridgehead atoms. The second kappa shape index (κ2) is 5.64. The van der Waals surface area contributed by atoms with Gasteiger partial charge in [-0.25, -0.2) is 4.39 Å². The van der Waals surface area contributed by atoms with Gasteiger partial charge in [0.15, 0.2) is 0 Å². The number of hydrogen-bond acceptors (Lipinski definition) is 3. The lowest BCUT2D eigenvalue weighted by Crippen LogP contribution is -2.16. The Kier molecular flexibility index (Phi) is 3.93. The molecule has 2 rings (SSSR count). The molecular weight excluding hydrogens is 261 g/mol. The maximum absolute atomic E-state index is 13.1. The van der Waals surface area contributed by atoms with Crippen molar-refractivity contribution in [1.29, 1.82) is 0 Å². The van der Waals surface area contributed by atoms with Crippen molar-refractivity contribution in [2.75, 3.05) is 18.2 Å². The Hall–Kier alpha value is -2.50. The summed E-state index contributed by atoms with van der Waals surface area (Å²) in [6.45, 7) is 2.54. The summed E-state index contributed by atoms with van der Waals surface area (Å²) in [7, 11) is 1.41. The van der Waals surface area contributed by atoms with Crippen molar-refractivity contribution in [2.24, 2.45) is 0 Å². The molecule has 0 spiro atoms. The predicted molar refractivity (Wildman–Crippen MR) is 75.4 cm³/mol. The fraction of sp³-hybridized carbons (Fsp3) is 0.214. The Balaban J connectivity index is 2.27. The summed E-state index contributed by atoms with van der Waals surface area (Å²) in [6, 6.07) is 5.51. The first-order chi connectivity index (χ1) is 9.55. The van der Waals surface area contributed by atoms with Gasteiger partial charge in [-0.2, -0.15) is 0 Å². The Bertz CT molecular complexity index is 637. The van der Waals surface area contributed by atoms with Gasteiger partial charge in [-0.15, -0.1) is 0 Å². The summed E-state index contributed by atoms with van der Waals surface area (Å²) in [5, 5.41) is 2.69. The Labute approximate surface area is 116 Å². The number of hydrogen-bond donors (Lipinski definition) is 2. The van der Waals surface area contributed by atoms with E-state index in [0.717, 1.165) is 0 Å². The van der Waals surface area contributed by atoms with Crippen LogP contribution in [0.2, 0.25) is 0 Å². The van der Waals surface area contributed by atoms with Crippen molar-refractivity contribution in [3.05, 3.63) is 42.0 Å². The van der Waals surface area contributed by atoms with E-state index >= 15 is 0 Å². The number of nitrogens with zero attached hydrogens (tertiary/aromatic N) is 1. The number of halogens is 1. The van der Waals surface area contributed by atoms with Gasteiger partial charge in [0, 0.05) is 18.8 Å². The number of aryl methyl sites for hydroxylation is 1. The van der Waals surface area contributed by atoms with E-state index < -0.39 is 5.82 Å². The van der Waals surface area contributed by atoms with Crippen molar-refractivity contribution in [3.8, 4) is 5.75 Å². The lowest BCUT2D eigenvalue weighted by Gasteiger charge is -2.11. The van der Waals surface area contributed by atoms with Gasteiger partial charge < -0.3 is 20.4 Å². The normalized spacial score (nSPS) is 10.3. The molecule has 0 fully saturated rings. The molecule has 0 aliphatic heterocycles. The van der Waals surface area contributed by atoms with Gasteiger partial charge >= 0.3 is 0 Å². The highest BCUT2D eigenvalue weighted by molar-refractivity contribution is 6.04. The fourth-order valence-electron chi connectivity index (χ4n) is 1.94. The predicted octanol–water partition coefficient (Wildman–Crippen LogP) is 2.49. The highest BCUT2D eigenvalue weighted by atomic mass is 19.1. The van der Waals surface area contributed by atoms with E-state index in [0.29, 0.717) is 23.6 Å². The average molecular weight is 277 g/mol. The molecule has 1 amide bonds. The number of benzene rings is 1. The van der Waals surface area contributed by atoms with Gasteiger partial charge in [-0.05, 0) is 25.1 Å². The number of aromatic nitrogens is 1. The molecule has 0 saturated heterocycles. The number of amides is 1. The molecule has 0 radical (unpaired) electrons. The van der Waals surface area contributed by atoms with E-state index in [1.807, 2.05) is 6.92 Å². The number of carbonyl (C=O) groups excluding carboxylic acids is 1. The molecule has 1 heterocycles. The number of carbonyl (C=O) groups is 1. The van der Waals surface area contributed by atoms with Crippen LogP contribution in [0.15, 0.2) is 30.5 Å². The zero-order valence-corrected chi connectivity index (χ0v) is 11.3. The lowest BCUT2D eigenvalue weighted by atomic mass is 10.2. The molecule has 5 nitrogen and oxygen atoms in total. The summed E-state index contributed by atoms with van der Waals surface area (Å²) in [6.07, 6.45) is 1.69. The number of nitrogen functional groups attached to an aromatic ring is 1. The molecule has 2 aromatic rings. The van der Waals surface area contributed by atoms with Crippen LogP contribution in [0.5, 0.6) is 5.75 Å². The quantitative estimate of drug-likeness (QED) is 0.902. The Morgan fingerprint density at radius 1 is 1.45 bits per heavy atom. The maximum atomic E-state index is 13.1. The Morgan fingerprint density at radius 3 is 2.85 bits per heavy atom. The van der Waals surface area contributed by atoms with Crippen molar-refractivity contribution in [1.82, 2.24) is 4.57 Å². The third-order valence-electron chi connectivity index (χ3n) is 2.90. The van der Waals surface area contributed by atoms with Crippen LogP contribution in [0.4, 0.5) is 15.8 Å². The lowest BCUT2D eigenvalue weighted by molar-refractivity contribution is 0.101. The monoisotopic (exact) mass is 277 g/mol. The standard InChI is InChI=1S/C14H16FN3O2/c1-3-18-8-10(16)7-12(18)14(19)17-11-5-4-9(15)6-13(11)20-2/h4-8H,3,16H2,1-2H3,(H,17,19). The van der Waals surface area contributed by atoms with Crippen LogP contribution < -0.4 is 15.8 Å². The van der Waals surface area contributed by atoms with Crippen LogP contribution in [0.25, 0.3) is 0 Å². The first kappa shape index (κ1) is 13.9. The summed E-state index contributed by atoms with van der Waals surface area (Å²) in [5.41, 5.74) is 7.05. The van der Waals surface area contributed by atoms with Crippen LogP contribution in [0, 0.1) is 5.82 Å². The van der Waals surface area contributed by atoms with Gasteiger partial charge in [-0.3, -0.25) is 4.79 Å². The third-order valence-corrected chi connectivity index (χ3v) is 2.90. The summed E-state index contributed by atoms with van der Waals surface area (Å²) >= 11 is 0. The SMILES string of the molecule is CCn1cc(N)cc1C(=O)Nc1ccc(F)cc1OC. The molecule has 0 saturated carbocycles. The number of methoxy groups -OCH3 is 1. The van der Waals surface area contributed by atoms with E-state index in [1.165, 1.54) is 25.3 Å². The highest BCUT2D eigenvalue weighted by Gasteiger charge is 2.14. The molecule has 0 unspecified atom stereocenters. The number of ether oxygens (including phenoxy) is 1. The highest BCUT2D eigenvalue weighted by Crippen LogP contribution is 2.25. The molecule has 6 heteroatoms. The summed E-state index contributed by atoms with van der Waals surface area (Å²) < 4.78 is 19.9. The van der Waals surface area contributed by atoms with Gasteiger partial charge in [0.2, 0.25) is 0 Å². The minimum Gasteiger partial charge on any atom is -0.494 e. The van der Waals surface area contributed by atoms with E-state index in [4.69, 9.17) is 10.5 Å². The minimum atomic E-state index is -0.430. The number of nitrogens with one attached hydrogen (secondary N) is 1. The second-order valence-electron chi connectivity index (χ2n) is 4.24. The second-order valence-corrected chi connectivity index (χ2v) is 4.24. The zero-order chi connectivity index (χ0) is 14.7. The van der Waals surface area contributed by atoms with Crippen LogP contribution >= 0.6 is 0 Å². The van der Waals surface area contributed by atoms with Gasteiger partial charge in [0.25, 0.3) is 5.91 Å². The topological polar surface area (TPSA) is 69.3 Å². The molecule has 1 aromatic carbocycles. The van der Waals surface area contributed by atoms with Crippen LogP contribution in [0.1, 0.15) is 17.4 Å². The molecule has 106 valence electrons. The summed E-state index contributed by atoms with van der Waals surface area (Å²) in [5.74, 6) is -0.490. The number of rotatable bonds is 4. The van der Waals surface area contributed by atoms with Crippen molar-refractivity contribution >= 4 is 17.3 Å². The van der Waals surface area contributed by atoms with Crippen molar-refractivity contribution in [3.63, 3.8) is 0 Å². The van der Waals surface area contributed by atoms with Crippen molar-refractivity contribution in [2.45, 2.75) is 13.5 Å². The maximum Gasteiger partial charge on any atom is 0.272 e. The smallest absolute Gasteiger partial charge is 0.272 e. The van der Waals surface area contributed by atoms with E-state index in [1.54, 1.807) is 16.8 Å². The molecule has 1 aromatic heterocycles. The van der Waals surface area contributed by atoms with E-state index in [2.05, 4.69) is 5.32 Å². The van der Waals surface area contributed by atoms with Gasteiger partial charge in [0.05, 0.1) is 18.5 Å². The third kappa shape index (κ3) is 2.74. The number of nitrogens with two attached hydrogens (primary N) is 1. The van der Waals surface area contributed by atoms with E-state index in [9.17, 15) is 9.18 Å². The number of anilines is 2. The van der Waals surface area contributed by atoms with Crippen LogP contribution in [-0.4, -0.2) is 17.6 Å². The van der Waals surface area contributed by atoms with E-state index in [-0.39, 0.29) is 11.7 Å². The Morgan fingerprint density at radius 2 is 2.20 bits per heavy atom. The first-order valence-corrected chi connectivity index (χ1v) is 6.15. The average Bonchev–Trinajstić information content (AvgIpc) is 2.82. The van der Waals surface area contributed by atoms with Crippen LogP contribution in [-0.2, 0) is 6.54 Å². The van der Waals surface area contributed by atoms with Crippen LogP contribution in [0.3, 0.4) is 0 Å². The fourth-order valence-corrected chi connectivity index (χ4v) is 1.94. The van der Waals surface area contributed by atoms with Gasteiger partial charge in [-0.1, -0.05) is 0 Å². The minimum absolute atomic E-state index is 0.265. The van der Waals surface area contributed by atoms with Crippen molar-refractivity contribution < 1.29 is 13.9 Å². The molecule has 0 aliphatic rings. The molecule has 3 N–H and O–H groups in total.